The van der Waals surface area contributed by atoms with E-state index >= 15 is 0 Å². The Labute approximate surface area is 104 Å². The first-order valence-electron chi connectivity index (χ1n) is 5.07. The lowest BCUT2D eigenvalue weighted by molar-refractivity contribution is -0.141. The minimum atomic E-state index is -0.367. The summed E-state index contributed by atoms with van der Waals surface area (Å²) in [6, 6.07) is 7.19. The van der Waals surface area contributed by atoms with Crippen molar-refractivity contribution in [3.8, 4) is 5.75 Å². The molecule has 4 nitrogen and oxygen atoms in total. The molecule has 0 bridgehead atoms. The molecule has 0 aliphatic carbocycles. The number of ether oxygens (including phenoxy) is 2. The quantitative estimate of drug-likeness (QED) is 0.596. The van der Waals surface area contributed by atoms with Crippen LogP contribution in [0.4, 0.5) is 0 Å². The molecule has 0 unspecified atom stereocenters. The molecule has 0 spiro atoms. The molecule has 0 saturated heterocycles. The van der Waals surface area contributed by atoms with Crippen molar-refractivity contribution in [3.63, 3.8) is 0 Å². The van der Waals surface area contributed by atoms with Gasteiger partial charge in [0.1, 0.15) is 5.75 Å². The van der Waals surface area contributed by atoms with E-state index in [0.29, 0.717) is 0 Å². The molecule has 0 radical (unpaired) electrons. The molecule has 0 N–H and O–H groups in total. The van der Waals surface area contributed by atoms with E-state index in [-0.39, 0.29) is 23.9 Å². The van der Waals surface area contributed by atoms with Gasteiger partial charge < -0.3 is 9.47 Å². The van der Waals surface area contributed by atoms with Gasteiger partial charge in [0.05, 0.1) is 20.6 Å². The van der Waals surface area contributed by atoms with Crippen molar-refractivity contribution in [2.24, 2.45) is 0 Å². The van der Waals surface area contributed by atoms with Gasteiger partial charge in [-0.2, -0.15) is 0 Å². The highest BCUT2D eigenvalue weighted by atomic mass is 32.2. The summed E-state index contributed by atoms with van der Waals surface area (Å²) < 4.78 is 9.48. The summed E-state index contributed by atoms with van der Waals surface area (Å²) in [7, 11) is 2.90. The average Bonchev–Trinajstić information content (AvgIpc) is 2.36. The van der Waals surface area contributed by atoms with Crippen LogP contribution in [-0.2, 0) is 14.3 Å². The Kier molecular flexibility index (Phi) is 5.56. The smallest absolute Gasteiger partial charge is 0.305 e. The number of thioether (sulfide) groups is 1. The maximum atomic E-state index is 11.5. The molecular formula is C12H14O4S. The zero-order chi connectivity index (χ0) is 12.7. The van der Waals surface area contributed by atoms with E-state index in [1.807, 2.05) is 0 Å². The monoisotopic (exact) mass is 254 g/mol. The van der Waals surface area contributed by atoms with Crippen LogP contribution in [0.15, 0.2) is 29.2 Å². The van der Waals surface area contributed by atoms with Crippen LogP contribution in [0.1, 0.15) is 12.8 Å². The van der Waals surface area contributed by atoms with Crippen molar-refractivity contribution in [3.05, 3.63) is 24.3 Å². The second-order valence-corrected chi connectivity index (χ2v) is 4.36. The number of carbonyl (C=O) groups is 2. The summed E-state index contributed by atoms with van der Waals surface area (Å²) in [5, 5.41) is -0.0550. The Morgan fingerprint density at radius 2 is 1.76 bits per heavy atom. The Bertz CT molecular complexity index is 386. The molecule has 1 aromatic rings. The predicted octanol–water partition coefficient (Wildman–Crippen LogP) is 2.27. The van der Waals surface area contributed by atoms with Gasteiger partial charge in [-0.3, -0.25) is 9.59 Å². The second-order valence-electron chi connectivity index (χ2n) is 3.23. The third-order valence-corrected chi connectivity index (χ3v) is 2.99. The van der Waals surface area contributed by atoms with E-state index in [9.17, 15) is 9.59 Å². The molecule has 5 heteroatoms. The summed E-state index contributed by atoms with van der Waals surface area (Å²) in [5.41, 5.74) is 0. The van der Waals surface area contributed by atoms with Crippen molar-refractivity contribution >= 4 is 22.8 Å². The van der Waals surface area contributed by atoms with E-state index in [0.717, 1.165) is 22.4 Å². The summed E-state index contributed by atoms with van der Waals surface area (Å²) in [6.45, 7) is 0. The highest BCUT2D eigenvalue weighted by Gasteiger charge is 2.08. The lowest BCUT2D eigenvalue weighted by Crippen LogP contribution is -2.03. The van der Waals surface area contributed by atoms with Crippen LogP contribution in [0.2, 0.25) is 0 Å². The van der Waals surface area contributed by atoms with Crippen LogP contribution in [0, 0.1) is 0 Å². The molecule has 0 atom stereocenters. The number of esters is 1. The maximum Gasteiger partial charge on any atom is 0.305 e. The number of hydrogen-bond acceptors (Lipinski definition) is 5. The van der Waals surface area contributed by atoms with E-state index in [1.54, 1.807) is 31.4 Å². The SMILES string of the molecule is COC(=O)CCC(=O)Sc1ccc(OC)cc1. The fourth-order valence-electron chi connectivity index (χ4n) is 1.13. The van der Waals surface area contributed by atoms with E-state index in [1.165, 1.54) is 7.11 Å². The average molecular weight is 254 g/mol. The first-order valence-corrected chi connectivity index (χ1v) is 5.89. The Morgan fingerprint density at radius 1 is 1.12 bits per heavy atom. The van der Waals surface area contributed by atoms with Gasteiger partial charge >= 0.3 is 5.97 Å². The summed E-state index contributed by atoms with van der Waals surface area (Å²) in [6.07, 6.45) is 0.307. The predicted molar refractivity (Wildman–Crippen MR) is 65.1 cm³/mol. The second kappa shape index (κ2) is 6.96. The first kappa shape index (κ1) is 13.6. The molecule has 0 aromatic heterocycles. The standard InChI is InChI=1S/C12H14O4S/c1-15-9-3-5-10(6-4-9)17-12(14)8-7-11(13)16-2/h3-6H,7-8H2,1-2H3. The molecule has 17 heavy (non-hydrogen) atoms. The van der Waals surface area contributed by atoms with Gasteiger partial charge in [0.2, 0.25) is 0 Å². The largest absolute Gasteiger partial charge is 0.497 e. The highest BCUT2D eigenvalue weighted by molar-refractivity contribution is 8.13. The molecule has 0 saturated carbocycles. The van der Waals surface area contributed by atoms with Gasteiger partial charge in [-0.25, -0.2) is 0 Å². The number of benzene rings is 1. The molecular weight excluding hydrogens is 240 g/mol. The third-order valence-electron chi connectivity index (χ3n) is 2.05. The molecule has 92 valence electrons. The lowest BCUT2D eigenvalue weighted by Gasteiger charge is -2.02. The summed E-state index contributed by atoms with van der Waals surface area (Å²) in [4.78, 5) is 23.2. The third kappa shape index (κ3) is 4.91. The Balaban J connectivity index is 2.42. The van der Waals surface area contributed by atoms with Gasteiger partial charge in [0.25, 0.3) is 0 Å². The van der Waals surface area contributed by atoms with Crippen LogP contribution in [-0.4, -0.2) is 25.3 Å². The zero-order valence-corrected chi connectivity index (χ0v) is 10.6. The van der Waals surface area contributed by atoms with Crippen LogP contribution < -0.4 is 4.74 Å². The molecule has 1 aromatic carbocycles. The number of methoxy groups -OCH3 is 2. The van der Waals surface area contributed by atoms with Gasteiger partial charge in [0.15, 0.2) is 5.12 Å². The van der Waals surface area contributed by atoms with Crippen molar-refractivity contribution < 1.29 is 19.1 Å². The lowest BCUT2D eigenvalue weighted by atomic mass is 10.3. The van der Waals surface area contributed by atoms with E-state index in [4.69, 9.17) is 4.74 Å². The van der Waals surface area contributed by atoms with Crippen molar-refractivity contribution in [1.82, 2.24) is 0 Å². The van der Waals surface area contributed by atoms with Crippen LogP contribution in [0.25, 0.3) is 0 Å². The minimum absolute atomic E-state index is 0.0550. The Hall–Kier alpha value is -1.49. The van der Waals surface area contributed by atoms with Crippen LogP contribution in [0.5, 0.6) is 5.75 Å². The summed E-state index contributed by atoms with van der Waals surface area (Å²) in [5.74, 6) is 0.380. The van der Waals surface area contributed by atoms with Crippen molar-refractivity contribution in [1.29, 1.82) is 0 Å². The van der Waals surface area contributed by atoms with Crippen LogP contribution >= 0.6 is 11.8 Å². The van der Waals surface area contributed by atoms with Crippen molar-refractivity contribution in [2.75, 3.05) is 14.2 Å². The van der Waals surface area contributed by atoms with Gasteiger partial charge in [-0.05, 0) is 24.3 Å². The van der Waals surface area contributed by atoms with Gasteiger partial charge in [0, 0.05) is 11.3 Å². The van der Waals surface area contributed by atoms with E-state index in [2.05, 4.69) is 4.74 Å². The fourth-order valence-corrected chi connectivity index (χ4v) is 1.87. The molecule has 0 amide bonds. The van der Waals surface area contributed by atoms with Gasteiger partial charge in [-0.1, -0.05) is 11.8 Å². The zero-order valence-electron chi connectivity index (χ0n) is 9.76. The van der Waals surface area contributed by atoms with Crippen molar-refractivity contribution in [2.45, 2.75) is 17.7 Å². The first-order chi connectivity index (χ1) is 8.15. The molecule has 1 rings (SSSR count). The number of carbonyl (C=O) groups excluding carboxylic acids is 2. The van der Waals surface area contributed by atoms with Gasteiger partial charge in [-0.15, -0.1) is 0 Å². The Morgan fingerprint density at radius 3 is 2.29 bits per heavy atom. The molecule has 0 aliphatic heterocycles. The highest BCUT2D eigenvalue weighted by Crippen LogP contribution is 2.23. The number of rotatable bonds is 5. The molecule has 0 heterocycles. The fraction of sp³-hybridized carbons (Fsp3) is 0.333. The molecule has 0 fully saturated rings. The molecule has 0 aliphatic rings. The normalized spacial score (nSPS) is 9.76. The van der Waals surface area contributed by atoms with E-state index < -0.39 is 0 Å². The van der Waals surface area contributed by atoms with Crippen LogP contribution in [0.3, 0.4) is 0 Å². The minimum Gasteiger partial charge on any atom is -0.497 e. The number of hydrogen-bond donors (Lipinski definition) is 0. The topological polar surface area (TPSA) is 52.6 Å². The maximum absolute atomic E-state index is 11.5. The summed E-state index contributed by atoms with van der Waals surface area (Å²) >= 11 is 1.11.